The molecule has 18 heavy (non-hydrogen) atoms. The van der Waals surface area contributed by atoms with Crippen molar-refractivity contribution < 1.29 is 14.6 Å². The van der Waals surface area contributed by atoms with E-state index in [1.165, 1.54) is 12.1 Å². The van der Waals surface area contributed by atoms with Crippen LogP contribution in [0.3, 0.4) is 0 Å². The number of pyridine rings is 1. The summed E-state index contributed by atoms with van der Waals surface area (Å²) in [5.41, 5.74) is 1.05. The first-order chi connectivity index (χ1) is 8.66. The Morgan fingerprint density at radius 2 is 2.22 bits per heavy atom. The van der Waals surface area contributed by atoms with Gasteiger partial charge >= 0.3 is 5.97 Å². The molecule has 4 nitrogen and oxygen atoms in total. The van der Waals surface area contributed by atoms with Crippen molar-refractivity contribution in [1.82, 2.24) is 4.98 Å². The van der Waals surface area contributed by atoms with Crippen molar-refractivity contribution in [3.63, 3.8) is 0 Å². The average molecular weight is 264 g/mol. The van der Waals surface area contributed by atoms with Crippen molar-refractivity contribution in [2.24, 2.45) is 0 Å². The number of carboxylic acid groups (broad SMARTS) is 1. The summed E-state index contributed by atoms with van der Waals surface area (Å²) in [6.45, 7) is 0.333. The number of aromatic carboxylic acids is 1. The lowest BCUT2D eigenvalue weighted by molar-refractivity contribution is 0.0697. The van der Waals surface area contributed by atoms with Gasteiger partial charge in [-0.2, -0.15) is 0 Å². The lowest BCUT2D eigenvalue weighted by Gasteiger charge is -2.08. The molecular weight excluding hydrogens is 254 g/mol. The molecule has 0 fully saturated rings. The molecule has 0 bridgehead atoms. The Kier molecular flexibility index (Phi) is 3.79. The molecule has 92 valence electrons. The summed E-state index contributed by atoms with van der Waals surface area (Å²) in [6, 6.07) is 8.05. The molecule has 2 rings (SSSR count). The monoisotopic (exact) mass is 263 g/mol. The van der Waals surface area contributed by atoms with E-state index in [0.29, 0.717) is 12.4 Å². The minimum Gasteiger partial charge on any atom is -0.487 e. The van der Waals surface area contributed by atoms with Gasteiger partial charge in [-0.25, -0.2) is 4.79 Å². The average Bonchev–Trinajstić information content (AvgIpc) is 2.38. The number of hydrogen-bond acceptors (Lipinski definition) is 3. The van der Waals surface area contributed by atoms with E-state index < -0.39 is 5.97 Å². The second kappa shape index (κ2) is 5.51. The molecule has 5 heteroatoms. The third-order valence-electron chi connectivity index (χ3n) is 2.30. The van der Waals surface area contributed by atoms with E-state index in [0.717, 1.165) is 5.56 Å². The van der Waals surface area contributed by atoms with Crippen LogP contribution >= 0.6 is 11.6 Å². The van der Waals surface area contributed by atoms with Crippen molar-refractivity contribution in [2.75, 3.05) is 0 Å². The molecule has 0 aliphatic heterocycles. The van der Waals surface area contributed by atoms with Crippen LogP contribution in [0.4, 0.5) is 0 Å². The predicted molar refractivity (Wildman–Crippen MR) is 67.0 cm³/mol. The van der Waals surface area contributed by atoms with E-state index in [2.05, 4.69) is 4.98 Å². The summed E-state index contributed by atoms with van der Waals surface area (Å²) in [5.74, 6) is -0.568. The van der Waals surface area contributed by atoms with Gasteiger partial charge in [-0.3, -0.25) is 4.98 Å². The van der Waals surface area contributed by atoms with Crippen LogP contribution in [0.5, 0.6) is 5.75 Å². The van der Waals surface area contributed by atoms with E-state index in [9.17, 15) is 4.79 Å². The molecule has 0 saturated heterocycles. The Bertz CT molecular complexity index is 557. The summed E-state index contributed by atoms with van der Waals surface area (Å²) >= 11 is 5.94. The van der Waals surface area contributed by atoms with Gasteiger partial charge in [-0.05, 0) is 24.3 Å². The third kappa shape index (κ3) is 2.99. The van der Waals surface area contributed by atoms with Crippen molar-refractivity contribution in [3.8, 4) is 5.75 Å². The molecule has 1 aromatic carbocycles. The highest BCUT2D eigenvalue weighted by molar-refractivity contribution is 6.32. The normalized spacial score (nSPS) is 10.1. The van der Waals surface area contributed by atoms with Gasteiger partial charge in [0.25, 0.3) is 0 Å². The number of halogens is 1. The largest absolute Gasteiger partial charge is 0.487 e. The number of hydrogen-bond donors (Lipinski definition) is 1. The number of benzene rings is 1. The first kappa shape index (κ1) is 12.4. The standard InChI is InChI=1S/C13H10ClNO3/c14-11-6-10(13(16)17)3-4-12(11)18-8-9-2-1-5-15-7-9/h1-7H,8H2,(H,16,17). The zero-order valence-corrected chi connectivity index (χ0v) is 10.1. The fourth-order valence-electron chi connectivity index (χ4n) is 1.40. The van der Waals surface area contributed by atoms with Crippen LogP contribution in [0, 0.1) is 0 Å². The van der Waals surface area contributed by atoms with Crippen molar-refractivity contribution in [2.45, 2.75) is 6.61 Å². The van der Waals surface area contributed by atoms with Crippen LogP contribution in [-0.2, 0) is 6.61 Å². The highest BCUT2D eigenvalue weighted by Gasteiger charge is 2.07. The number of aromatic nitrogens is 1. The van der Waals surface area contributed by atoms with Gasteiger partial charge in [-0.1, -0.05) is 17.7 Å². The van der Waals surface area contributed by atoms with E-state index in [1.807, 2.05) is 12.1 Å². The second-order valence-corrected chi connectivity index (χ2v) is 4.01. The predicted octanol–water partition coefficient (Wildman–Crippen LogP) is 3.01. The maximum absolute atomic E-state index is 10.7. The zero-order chi connectivity index (χ0) is 13.0. The number of carbonyl (C=O) groups is 1. The third-order valence-corrected chi connectivity index (χ3v) is 2.59. The number of nitrogens with zero attached hydrogens (tertiary/aromatic N) is 1. The van der Waals surface area contributed by atoms with Crippen molar-refractivity contribution >= 4 is 17.6 Å². The molecule has 0 atom stereocenters. The molecule has 0 unspecified atom stereocenters. The van der Waals surface area contributed by atoms with E-state index >= 15 is 0 Å². The van der Waals surface area contributed by atoms with Crippen LogP contribution in [0.15, 0.2) is 42.7 Å². The first-order valence-electron chi connectivity index (χ1n) is 5.21. The molecule has 0 saturated carbocycles. The molecule has 1 N–H and O–H groups in total. The molecule has 0 aliphatic rings. The SMILES string of the molecule is O=C(O)c1ccc(OCc2cccnc2)c(Cl)c1. The smallest absolute Gasteiger partial charge is 0.335 e. The van der Waals surface area contributed by atoms with E-state index in [1.54, 1.807) is 18.5 Å². The Hall–Kier alpha value is -2.07. The second-order valence-electron chi connectivity index (χ2n) is 3.60. The van der Waals surface area contributed by atoms with Gasteiger partial charge in [-0.15, -0.1) is 0 Å². The summed E-state index contributed by atoms with van der Waals surface area (Å²) in [6.07, 6.45) is 3.37. The van der Waals surface area contributed by atoms with Crippen LogP contribution in [0.2, 0.25) is 5.02 Å². The first-order valence-corrected chi connectivity index (χ1v) is 5.59. The summed E-state index contributed by atoms with van der Waals surface area (Å²) in [4.78, 5) is 14.7. The van der Waals surface area contributed by atoms with Gasteiger partial charge in [0, 0.05) is 18.0 Å². The zero-order valence-electron chi connectivity index (χ0n) is 9.34. The molecule has 1 aromatic heterocycles. The summed E-state index contributed by atoms with van der Waals surface area (Å²) in [7, 11) is 0. The number of rotatable bonds is 4. The van der Waals surface area contributed by atoms with Crippen LogP contribution in [0.1, 0.15) is 15.9 Å². The quantitative estimate of drug-likeness (QED) is 0.921. The Balaban J connectivity index is 2.08. The molecule has 0 aliphatic carbocycles. The van der Waals surface area contributed by atoms with E-state index in [-0.39, 0.29) is 10.6 Å². The minimum atomic E-state index is -1.02. The van der Waals surface area contributed by atoms with Crippen molar-refractivity contribution in [3.05, 3.63) is 58.9 Å². The van der Waals surface area contributed by atoms with Crippen LogP contribution in [0.25, 0.3) is 0 Å². The Labute approximate surface area is 109 Å². The van der Waals surface area contributed by atoms with Gasteiger partial charge in [0.15, 0.2) is 0 Å². The van der Waals surface area contributed by atoms with Crippen LogP contribution < -0.4 is 4.74 Å². The fraction of sp³-hybridized carbons (Fsp3) is 0.0769. The number of ether oxygens (including phenoxy) is 1. The lowest BCUT2D eigenvalue weighted by Crippen LogP contribution is -1.99. The van der Waals surface area contributed by atoms with Gasteiger partial charge < -0.3 is 9.84 Å². The minimum absolute atomic E-state index is 0.133. The topological polar surface area (TPSA) is 59.4 Å². The maximum atomic E-state index is 10.7. The van der Waals surface area contributed by atoms with Crippen LogP contribution in [-0.4, -0.2) is 16.1 Å². The molecular formula is C13H10ClNO3. The highest BCUT2D eigenvalue weighted by atomic mass is 35.5. The highest BCUT2D eigenvalue weighted by Crippen LogP contribution is 2.26. The van der Waals surface area contributed by atoms with Crippen molar-refractivity contribution in [1.29, 1.82) is 0 Å². The number of carboxylic acids is 1. The van der Waals surface area contributed by atoms with E-state index in [4.69, 9.17) is 21.4 Å². The molecule has 1 heterocycles. The van der Waals surface area contributed by atoms with Gasteiger partial charge in [0.05, 0.1) is 10.6 Å². The molecule has 0 spiro atoms. The Morgan fingerprint density at radius 1 is 1.39 bits per heavy atom. The van der Waals surface area contributed by atoms with Gasteiger partial charge in [0.2, 0.25) is 0 Å². The maximum Gasteiger partial charge on any atom is 0.335 e. The van der Waals surface area contributed by atoms with Gasteiger partial charge in [0.1, 0.15) is 12.4 Å². The lowest BCUT2D eigenvalue weighted by atomic mass is 10.2. The molecule has 2 aromatic rings. The molecule has 0 amide bonds. The Morgan fingerprint density at radius 3 is 2.83 bits per heavy atom. The fourth-order valence-corrected chi connectivity index (χ4v) is 1.63. The summed E-state index contributed by atoms with van der Waals surface area (Å²) in [5, 5.41) is 9.08. The molecule has 0 radical (unpaired) electrons. The summed E-state index contributed by atoms with van der Waals surface area (Å²) < 4.78 is 5.49.